The van der Waals surface area contributed by atoms with Crippen molar-refractivity contribution in [3.8, 4) is 5.75 Å². The highest BCUT2D eigenvalue weighted by molar-refractivity contribution is 5.79. The zero-order valence-electron chi connectivity index (χ0n) is 17.3. The highest BCUT2D eigenvalue weighted by Crippen LogP contribution is 2.41. The van der Waals surface area contributed by atoms with Crippen molar-refractivity contribution in [2.45, 2.75) is 65.5 Å². The summed E-state index contributed by atoms with van der Waals surface area (Å²) in [6.45, 7) is 7.82. The Labute approximate surface area is 168 Å². The second-order valence-electron chi connectivity index (χ2n) is 8.80. The Balaban J connectivity index is 1.40. The molecule has 0 aliphatic heterocycles. The summed E-state index contributed by atoms with van der Waals surface area (Å²) in [6, 6.07) is 10.2. The average molecular weight is 378 g/mol. The van der Waals surface area contributed by atoms with Crippen molar-refractivity contribution in [2.24, 2.45) is 11.3 Å². The Kier molecular flexibility index (Phi) is 5.38. The Hall–Kier alpha value is -2.36. The Morgan fingerprint density at radius 3 is 2.57 bits per heavy atom. The highest BCUT2D eigenvalue weighted by Gasteiger charge is 2.32. The van der Waals surface area contributed by atoms with Crippen LogP contribution in [0.4, 0.5) is 0 Å². The van der Waals surface area contributed by atoms with E-state index in [9.17, 15) is 0 Å². The fourth-order valence-electron chi connectivity index (χ4n) is 4.28. The van der Waals surface area contributed by atoms with Crippen molar-refractivity contribution in [2.75, 3.05) is 0 Å². The van der Waals surface area contributed by atoms with Crippen LogP contribution in [0, 0.1) is 11.3 Å². The maximum absolute atomic E-state index is 6.31. The first-order chi connectivity index (χ1) is 13.5. The van der Waals surface area contributed by atoms with Gasteiger partial charge in [0, 0.05) is 24.0 Å². The Morgan fingerprint density at radius 2 is 1.86 bits per heavy atom. The summed E-state index contributed by atoms with van der Waals surface area (Å²) >= 11 is 0. The van der Waals surface area contributed by atoms with E-state index in [-0.39, 0.29) is 0 Å². The minimum Gasteiger partial charge on any atom is -0.490 e. The van der Waals surface area contributed by atoms with E-state index in [0.717, 1.165) is 41.2 Å². The van der Waals surface area contributed by atoms with Gasteiger partial charge >= 0.3 is 0 Å². The molecular weight excluding hydrogens is 346 g/mol. The second kappa shape index (κ2) is 7.94. The fraction of sp³-hybridized carbons (Fsp3) is 0.500. The maximum atomic E-state index is 6.31. The van der Waals surface area contributed by atoms with Gasteiger partial charge in [-0.2, -0.15) is 0 Å². The largest absolute Gasteiger partial charge is 0.490 e. The molecule has 0 saturated heterocycles. The lowest BCUT2D eigenvalue weighted by molar-refractivity contribution is 0.0780. The standard InChI is InChI=1S/C24H31N3O/c1-4-24(2,3)19-7-9-20(10-8-19)28-21-11-12-22-18(15-21)16-25-23(26-22)17-27-13-5-6-14-27/h5-6,11-16,19-20H,4,7-10,17H2,1-3H3. The highest BCUT2D eigenvalue weighted by atomic mass is 16.5. The lowest BCUT2D eigenvalue weighted by Gasteiger charge is -2.38. The van der Waals surface area contributed by atoms with Crippen LogP contribution in [0.2, 0.25) is 0 Å². The minimum absolute atomic E-state index is 0.329. The minimum atomic E-state index is 0.329. The number of rotatable bonds is 6. The molecule has 4 rings (SSSR count). The summed E-state index contributed by atoms with van der Waals surface area (Å²) in [5.74, 6) is 2.59. The third-order valence-electron chi connectivity index (χ3n) is 6.58. The molecule has 2 aromatic heterocycles. The summed E-state index contributed by atoms with van der Waals surface area (Å²) in [5, 5.41) is 1.04. The van der Waals surface area contributed by atoms with E-state index >= 15 is 0 Å². The van der Waals surface area contributed by atoms with E-state index in [4.69, 9.17) is 9.72 Å². The maximum Gasteiger partial charge on any atom is 0.148 e. The van der Waals surface area contributed by atoms with Gasteiger partial charge in [-0.3, -0.25) is 0 Å². The lowest BCUT2D eigenvalue weighted by Crippen LogP contribution is -2.31. The average Bonchev–Trinajstić information content (AvgIpc) is 3.21. The van der Waals surface area contributed by atoms with Crippen LogP contribution in [0.5, 0.6) is 5.75 Å². The molecule has 1 aliphatic carbocycles. The molecule has 4 nitrogen and oxygen atoms in total. The molecule has 28 heavy (non-hydrogen) atoms. The van der Waals surface area contributed by atoms with Crippen LogP contribution in [0.25, 0.3) is 10.9 Å². The van der Waals surface area contributed by atoms with Gasteiger partial charge in [0.05, 0.1) is 18.2 Å². The van der Waals surface area contributed by atoms with Crippen LogP contribution in [0.3, 0.4) is 0 Å². The lowest BCUT2D eigenvalue weighted by atomic mass is 9.69. The van der Waals surface area contributed by atoms with Crippen LogP contribution in [-0.2, 0) is 6.54 Å². The van der Waals surface area contributed by atoms with E-state index in [0.29, 0.717) is 18.1 Å². The van der Waals surface area contributed by atoms with Crippen LogP contribution in [-0.4, -0.2) is 20.6 Å². The molecule has 0 N–H and O–H groups in total. The van der Waals surface area contributed by atoms with Gasteiger partial charge in [-0.1, -0.05) is 27.2 Å². The van der Waals surface area contributed by atoms with Gasteiger partial charge in [0.2, 0.25) is 0 Å². The van der Waals surface area contributed by atoms with E-state index in [1.165, 1.54) is 19.3 Å². The predicted molar refractivity (Wildman–Crippen MR) is 114 cm³/mol. The molecule has 0 unspecified atom stereocenters. The molecule has 2 heterocycles. The Morgan fingerprint density at radius 1 is 1.11 bits per heavy atom. The molecular formula is C24H31N3O. The van der Waals surface area contributed by atoms with Gasteiger partial charge in [-0.15, -0.1) is 0 Å². The van der Waals surface area contributed by atoms with E-state index in [1.807, 2.05) is 30.7 Å². The molecule has 0 atom stereocenters. The number of fused-ring (bicyclic) bond motifs is 1. The number of nitrogens with zero attached hydrogens (tertiary/aromatic N) is 3. The first-order valence-electron chi connectivity index (χ1n) is 10.6. The van der Waals surface area contributed by atoms with Gasteiger partial charge in [0.15, 0.2) is 0 Å². The number of benzene rings is 1. The Bertz CT molecular complexity index is 909. The van der Waals surface area contributed by atoms with E-state index < -0.39 is 0 Å². The molecule has 4 heteroatoms. The predicted octanol–water partition coefficient (Wildman–Crippen LogP) is 5.85. The monoisotopic (exact) mass is 377 g/mol. The quantitative estimate of drug-likeness (QED) is 0.541. The van der Waals surface area contributed by atoms with E-state index in [1.54, 1.807) is 0 Å². The molecule has 1 aromatic carbocycles. The number of aromatic nitrogens is 3. The van der Waals surface area contributed by atoms with Gasteiger partial charge in [-0.05, 0) is 67.3 Å². The summed E-state index contributed by atoms with van der Waals surface area (Å²) < 4.78 is 8.39. The second-order valence-corrected chi connectivity index (χ2v) is 8.80. The van der Waals surface area contributed by atoms with Gasteiger partial charge in [0.1, 0.15) is 11.6 Å². The number of hydrogen-bond donors (Lipinski definition) is 0. The van der Waals surface area contributed by atoms with Crippen LogP contribution in [0.15, 0.2) is 48.9 Å². The van der Waals surface area contributed by atoms with Gasteiger partial charge in [-0.25, -0.2) is 9.97 Å². The third-order valence-corrected chi connectivity index (χ3v) is 6.58. The van der Waals surface area contributed by atoms with Crippen molar-refractivity contribution >= 4 is 10.9 Å². The SMILES string of the molecule is CCC(C)(C)C1CCC(Oc2ccc3nc(Cn4cccc4)ncc3c2)CC1. The molecule has 0 bridgehead atoms. The zero-order chi connectivity index (χ0) is 19.6. The molecule has 0 radical (unpaired) electrons. The molecule has 1 saturated carbocycles. The van der Waals surface area contributed by atoms with Crippen LogP contribution < -0.4 is 4.74 Å². The van der Waals surface area contributed by atoms with Crippen LogP contribution in [0.1, 0.15) is 58.7 Å². The van der Waals surface area contributed by atoms with Crippen LogP contribution >= 0.6 is 0 Å². The first kappa shape index (κ1) is 19.0. The summed E-state index contributed by atoms with van der Waals surface area (Å²) in [6.07, 6.45) is 12.4. The molecule has 3 aromatic rings. The molecule has 1 fully saturated rings. The number of ether oxygens (including phenoxy) is 1. The summed E-state index contributed by atoms with van der Waals surface area (Å²) in [5.41, 5.74) is 1.42. The van der Waals surface area contributed by atoms with Gasteiger partial charge in [0.25, 0.3) is 0 Å². The molecule has 148 valence electrons. The fourth-order valence-corrected chi connectivity index (χ4v) is 4.28. The van der Waals surface area contributed by atoms with Crippen molar-refractivity contribution in [1.82, 2.24) is 14.5 Å². The van der Waals surface area contributed by atoms with Gasteiger partial charge < -0.3 is 9.30 Å². The third kappa shape index (κ3) is 4.21. The normalized spacial score (nSPS) is 20.4. The van der Waals surface area contributed by atoms with E-state index in [2.05, 4.69) is 48.5 Å². The van der Waals surface area contributed by atoms with Crippen molar-refractivity contribution in [3.63, 3.8) is 0 Å². The first-order valence-corrected chi connectivity index (χ1v) is 10.6. The molecule has 1 aliphatic rings. The topological polar surface area (TPSA) is 39.9 Å². The van der Waals surface area contributed by atoms with Crippen molar-refractivity contribution in [1.29, 1.82) is 0 Å². The zero-order valence-corrected chi connectivity index (χ0v) is 17.3. The summed E-state index contributed by atoms with van der Waals surface area (Å²) in [4.78, 5) is 9.23. The smallest absolute Gasteiger partial charge is 0.148 e. The molecule has 0 amide bonds. The molecule has 0 spiro atoms. The van der Waals surface area contributed by atoms with Crippen molar-refractivity contribution < 1.29 is 4.74 Å². The summed E-state index contributed by atoms with van der Waals surface area (Å²) in [7, 11) is 0. The number of hydrogen-bond acceptors (Lipinski definition) is 3. The van der Waals surface area contributed by atoms with Crippen molar-refractivity contribution in [3.05, 3.63) is 54.7 Å².